The third-order valence-electron chi connectivity index (χ3n) is 4.70. The fourth-order valence-electron chi connectivity index (χ4n) is 3.32. The number of carbonyl (C=O) groups excluding carboxylic acids is 1. The lowest BCUT2D eigenvalue weighted by atomic mass is 10.0. The van der Waals surface area contributed by atoms with Crippen molar-refractivity contribution in [2.24, 2.45) is 11.7 Å². The van der Waals surface area contributed by atoms with Crippen molar-refractivity contribution in [2.45, 2.75) is 35.4 Å². The van der Waals surface area contributed by atoms with E-state index in [0.717, 1.165) is 29.7 Å². The number of hydrogen-bond acceptors (Lipinski definition) is 3. The normalized spacial score (nSPS) is 21.0. The van der Waals surface area contributed by atoms with Crippen molar-refractivity contribution in [1.82, 2.24) is 5.32 Å². The fraction of sp³-hybridized carbons (Fsp3) is 0.350. The maximum atomic E-state index is 13.2. The molecule has 3 nitrogen and oxygen atoms in total. The molecule has 3 N–H and O–H groups in total. The van der Waals surface area contributed by atoms with Gasteiger partial charge in [-0.25, -0.2) is 4.39 Å². The first-order valence-corrected chi connectivity index (χ1v) is 9.53. The number of thioether (sulfide) groups is 1. The lowest BCUT2D eigenvalue weighted by Gasteiger charge is -2.23. The van der Waals surface area contributed by atoms with Crippen molar-refractivity contribution < 1.29 is 9.18 Å². The summed E-state index contributed by atoms with van der Waals surface area (Å²) in [6.07, 6.45) is 3.16. The van der Waals surface area contributed by atoms with Crippen LogP contribution in [0.2, 0.25) is 0 Å². The maximum absolute atomic E-state index is 13.2. The monoisotopic (exact) mass is 358 g/mol. The van der Waals surface area contributed by atoms with E-state index in [0.29, 0.717) is 12.5 Å². The highest BCUT2D eigenvalue weighted by molar-refractivity contribution is 8.00. The van der Waals surface area contributed by atoms with Gasteiger partial charge in [0.05, 0.1) is 0 Å². The Morgan fingerprint density at radius 1 is 1.16 bits per heavy atom. The lowest BCUT2D eigenvalue weighted by molar-refractivity contribution is -0.121. The van der Waals surface area contributed by atoms with Crippen LogP contribution in [-0.2, 0) is 4.79 Å². The summed E-state index contributed by atoms with van der Waals surface area (Å²) in [6, 6.07) is 16.1. The van der Waals surface area contributed by atoms with Crippen LogP contribution in [0.4, 0.5) is 4.39 Å². The second-order valence-corrected chi connectivity index (χ2v) is 7.58. The van der Waals surface area contributed by atoms with Gasteiger partial charge in [0.1, 0.15) is 11.1 Å². The molecule has 25 heavy (non-hydrogen) atoms. The molecule has 0 heterocycles. The first-order valence-electron chi connectivity index (χ1n) is 8.65. The van der Waals surface area contributed by atoms with E-state index in [9.17, 15) is 9.18 Å². The summed E-state index contributed by atoms with van der Waals surface area (Å²) in [6.45, 7) is 0.603. The van der Waals surface area contributed by atoms with E-state index in [4.69, 9.17) is 5.73 Å². The van der Waals surface area contributed by atoms with Crippen molar-refractivity contribution >= 4 is 17.7 Å². The molecule has 2 aromatic carbocycles. The number of hydrogen-bond donors (Lipinski definition) is 2. The Morgan fingerprint density at radius 2 is 1.88 bits per heavy atom. The second-order valence-electron chi connectivity index (χ2n) is 6.40. The van der Waals surface area contributed by atoms with Crippen molar-refractivity contribution in [3.8, 4) is 0 Å². The van der Waals surface area contributed by atoms with E-state index < -0.39 is 0 Å². The van der Waals surface area contributed by atoms with Crippen LogP contribution in [-0.4, -0.2) is 18.5 Å². The van der Waals surface area contributed by atoms with E-state index >= 15 is 0 Å². The number of carbonyl (C=O) groups is 1. The third kappa shape index (κ3) is 4.61. The molecule has 0 radical (unpaired) electrons. The van der Waals surface area contributed by atoms with Crippen LogP contribution in [0.1, 0.15) is 30.1 Å². The Kier molecular flexibility index (Phi) is 6.10. The van der Waals surface area contributed by atoms with E-state index in [-0.39, 0.29) is 23.0 Å². The number of rotatable bonds is 6. The van der Waals surface area contributed by atoms with Crippen LogP contribution in [0, 0.1) is 11.7 Å². The molecule has 0 aliphatic heterocycles. The zero-order valence-corrected chi connectivity index (χ0v) is 14.8. The van der Waals surface area contributed by atoms with Gasteiger partial charge in [0.25, 0.3) is 0 Å². The molecule has 1 amide bonds. The largest absolute Gasteiger partial charge is 0.352 e. The molecule has 0 saturated heterocycles. The van der Waals surface area contributed by atoms with E-state index in [2.05, 4.69) is 5.32 Å². The maximum Gasteiger partial charge on any atom is 0.238 e. The minimum absolute atomic E-state index is 0.00845. The molecule has 0 spiro atoms. The van der Waals surface area contributed by atoms with Crippen LogP contribution in [0.3, 0.4) is 0 Å². The Labute approximate surface area is 152 Å². The summed E-state index contributed by atoms with van der Waals surface area (Å²) in [5, 5.41) is 2.83. The highest BCUT2D eigenvalue weighted by atomic mass is 32.2. The zero-order chi connectivity index (χ0) is 17.6. The Balaban J connectivity index is 1.78. The minimum atomic E-state index is -0.370. The number of halogens is 1. The Morgan fingerprint density at radius 3 is 2.56 bits per heavy atom. The van der Waals surface area contributed by atoms with Crippen LogP contribution in [0.15, 0.2) is 59.5 Å². The highest BCUT2D eigenvalue weighted by Gasteiger charge is 2.30. The van der Waals surface area contributed by atoms with Crippen LogP contribution in [0.5, 0.6) is 0 Å². The quantitative estimate of drug-likeness (QED) is 0.770. The zero-order valence-electron chi connectivity index (χ0n) is 14.0. The summed E-state index contributed by atoms with van der Waals surface area (Å²) in [7, 11) is 0. The summed E-state index contributed by atoms with van der Waals surface area (Å²) in [5.41, 5.74) is 6.77. The molecule has 3 rings (SSSR count). The van der Waals surface area contributed by atoms with Crippen molar-refractivity contribution in [3.05, 3.63) is 66.0 Å². The molecular weight excluding hydrogens is 335 g/mol. The van der Waals surface area contributed by atoms with E-state index in [1.165, 1.54) is 23.9 Å². The van der Waals surface area contributed by atoms with E-state index in [1.807, 2.05) is 30.3 Å². The first-order chi connectivity index (χ1) is 12.2. The molecule has 1 saturated carbocycles. The molecule has 5 heteroatoms. The SMILES string of the molecule is NCC1CCCC1NC(=O)C(Sc1ccc(F)cc1)c1ccccc1. The summed E-state index contributed by atoms with van der Waals surface area (Å²) < 4.78 is 13.2. The average molecular weight is 358 g/mol. The Bertz CT molecular complexity index is 693. The molecule has 0 aromatic heterocycles. The fourth-order valence-corrected chi connectivity index (χ4v) is 4.35. The number of nitrogens with two attached hydrogens (primary N) is 1. The van der Waals surface area contributed by atoms with Crippen molar-refractivity contribution in [1.29, 1.82) is 0 Å². The number of benzene rings is 2. The average Bonchev–Trinajstić information content (AvgIpc) is 3.09. The molecule has 2 aromatic rings. The third-order valence-corrected chi connectivity index (χ3v) is 5.96. The minimum Gasteiger partial charge on any atom is -0.352 e. The number of amides is 1. The van der Waals surface area contributed by atoms with Gasteiger partial charge in [0.2, 0.25) is 5.91 Å². The molecule has 3 atom stereocenters. The molecular formula is C20H23FN2OS. The standard InChI is InChI=1S/C20H23FN2OS/c21-16-9-11-17(12-10-16)25-19(14-5-2-1-3-6-14)20(24)23-18-8-4-7-15(18)13-22/h1-3,5-6,9-12,15,18-19H,4,7-8,13,22H2,(H,23,24). The van der Waals surface area contributed by atoms with Gasteiger partial charge in [0.15, 0.2) is 0 Å². The van der Waals surface area contributed by atoms with Crippen LogP contribution >= 0.6 is 11.8 Å². The summed E-state index contributed by atoms with van der Waals surface area (Å²) in [5.74, 6) is 0.0730. The first kappa shape index (κ1) is 18.0. The van der Waals surface area contributed by atoms with Gasteiger partial charge in [-0.15, -0.1) is 11.8 Å². The predicted octanol–water partition coefficient (Wildman–Crippen LogP) is 3.90. The lowest BCUT2D eigenvalue weighted by Crippen LogP contribution is -2.41. The molecule has 1 aliphatic carbocycles. The highest BCUT2D eigenvalue weighted by Crippen LogP contribution is 2.36. The van der Waals surface area contributed by atoms with Gasteiger partial charge in [-0.3, -0.25) is 4.79 Å². The summed E-state index contributed by atoms with van der Waals surface area (Å²) in [4.78, 5) is 13.9. The topological polar surface area (TPSA) is 55.1 Å². The molecule has 0 bridgehead atoms. The van der Waals surface area contributed by atoms with Crippen LogP contribution < -0.4 is 11.1 Å². The van der Waals surface area contributed by atoms with Gasteiger partial charge >= 0.3 is 0 Å². The Hall–Kier alpha value is -1.85. The van der Waals surface area contributed by atoms with Crippen molar-refractivity contribution in [3.63, 3.8) is 0 Å². The molecule has 132 valence electrons. The van der Waals surface area contributed by atoms with E-state index in [1.54, 1.807) is 12.1 Å². The van der Waals surface area contributed by atoms with Gasteiger partial charge in [-0.1, -0.05) is 36.8 Å². The van der Waals surface area contributed by atoms with Crippen LogP contribution in [0.25, 0.3) is 0 Å². The smallest absolute Gasteiger partial charge is 0.238 e. The van der Waals surface area contributed by atoms with Gasteiger partial charge in [-0.2, -0.15) is 0 Å². The molecule has 3 unspecified atom stereocenters. The summed E-state index contributed by atoms with van der Waals surface area (Å²) >= 11 is 1.44. The van der Waals surface area contributed by atoms with Gasteiger partial charge in [0, 0.05) is 10.9 Å². The number of nitrogens with one attached hydrogen (secondary N) is 1. The van der Waals surface area contributed by atoms with Crippen molar-refractivity contribution in [2.75, 3.05) is 6.54 Å². The predicted molar refractivity (Wildman–Crippen MR) is 99.8 cm³/mol. The second kappa shape index (κ2) is 8.50. The molecule has 1 fully saturated rings. The van der Waals surface area contributed by atoms with Gasteiger partial charge in [-0.05, 0) is 55.1 Å². The molecule has 1 aliphatic rings. The van der Waals surface area contributed by atoms with Gasteiger partial charge < -0.3 is 11.1 Å².